The lowest BCUT2D eigenvalue weighted by atomic mass is 9.92. The molecule has 0 radical (unpaired) electrons. The third kappa shape index (κ3) is 3.77. The van der Waals surface area contributed by atoms with Crippen molar-refractivity contribution in [2.45, 2.75) is 44.2 Å². The van der Waals surface area contributed by atoms with E-state index in [2.05, 4.69) is 0 Å². The Morgan fingerprint density at radius 2 is 1.84 bits per heavy atom. The number of carbonyl (C=O) groups excluding carboxylic acids is 1. The summed E-state index contributed by atoms with van der Waals surface area (Å²) in [7, 11) is 1.81. The summed E-state index contributed by atoms with van der Waals surface area (Å²) < 4.78 is 12.8. The maximum absolute atomic E-state index is 12.8. The molecule has 0 aliphatic heterocycles. The first-order valence-corrected chi connectivity index (χ1v) is 6.74. The minimum atomic E-state index is -0.286. The maximum atomic E-state index is 12.8. The van der Waals surface area contributed by atoms with Crippen LogP contribution in [0.4, 0.5) is 4.39 Å². The number of nitrogens with zero attached hydrogens (tertiary/aromatic N) is 1. The first-order valence-electron chi connectivity index (χ1n) is 6.74. The van der Waals surface area contributed by atoms with Crippen LogP contribution in [0, 0.1) is 5.82 Å². The number of halogens is 1. The molecular weight excluding hydrogens is 245 g/mol. The van der Waals surface area contributed by atoms with Crippen LogP contribution in [0.25, 0.3) is 0 Å². The fraction of sp³-hybridized carbons (Fsp3) is 0.533. The Labute approximate surface area is 113 Å². The van der Waals surface area contributed by atoms with E-state index in [0.29, 0.717) is 6.42 Å². The molecule has 2 rings (SSSR count). The smallest absolute Gasteiger partial charge is 0.226 e. The minimum Gasteiger partial charge on any atom is -0.393 e. The third-order valence-electron chi connectivity index (χ3n) is 3.88. The lowest BCUT2D eigenvalue weighted by molar-refractivity contribution is -0.132. The predicted molar refractivity (Wildman–Crippen MR) is 71.1 cm³/mol. The summed E-state index contributed by atoms with van der Waals surface area (Å²) in [4.78, 5) is 13.9. The second kappa shape index (κ2) is 6.15. The van der Waals surface area contributed by atoms with Gasteiger partial charge in [0.25, 0.3) is 0 Å². The number of aliphatic hydroxyl groups excluding tert-OH is 1. The van der Waals surface area contributed by atoms with Crippen LogP contribution in [0.2, 0.25) is 0 Å². The number of aliphatic hydroxyl groups is 1. The molecule has 0 atom stereocenters. The quantitative estimate of drug-likeness (QED) is 0.909. The molecular formula is C15H20FNO2. The number of likely N-dealkylation sites (N-methyl/N-ethyl adjacent to an activating group) is 1. The standard InChI is InChI=1S/C15H20FNO2/c1-17(13-6-8-14(18)9-7-13)15(19)10-11-2-4-12(16)5-3-11/h2-5,13-14,18H,6-10H2,1H3. The number of hydrogen-bond acceptors (Lipinski definition) is 2. The summed E-state index contributed by atoms with van der Waals surface area (Å²) >= 11 is 0. The summed E-state index contributed by atoms with van der Waals surface area (Å²) in [6, 6.07) is 6.26. The van der Waals surface area contributed by atoms with Crippen molar-refractivity contribution in [3.05, 3.63) is 35.6 Å². The van der Waals surface area contributed by atoms with Crippen LogP contribution < -0.4 is 0 Å². The van der Waals surface area contributed by atoms with E-state index in [1.54, 1.807) is 17.0 Å². The van der Waals surface area contributed by atoms with Gasteiger partial charge in [-0.1, -0.05) is 12.1 Å². The van der Waals surface area contributed by atoms with E-state index < -0.39 is 0 Å². The van der Waals surface area contributed by atoms with E-state index in [1.807, 2.05) is 7.05 Å². The highest BCUT2D eigenvalue weighted by molar-refractivity contribution is 5.78. The molecule has 0 bridgehead atoms. The van der Waals surface area contributed by atoms with Crippen molar-refractivity contribution in [2.75, 3.05) is 7.05 Å². The summed E-state index contributed by atoms with van der Waals surface area (Å²) in [5.41, 5.74) is 0.828. The van der Waals surface area contributed by atoms with Crippen molar-refractivity contribution in [1.29, 1.82) is 0 Å². The summed E-state index contributed by atoms with van der Waals surface area (Å²) in [5.74, 6) is -0.237. The average Bonchev–Trinajstić information content (AvgIpc) is 2.41. The fourth-order valence-corrected chi connectivity index (χ4v) is 2.55. The van der Waals surface area contributed by atoms with Gasteiger partial charge in [0.15, 0.2) is 0 Å². The zero-order valence-corrected chi connectivity index (χ0v) is 11.2. The normalized spacial score (nSPS) is 23.1. The molecule has 0 heterocycles. The molecule has 19 heavy (non-hydrogen) atoms. The second-order valence-electron chi connectivity index (χ2n) is 5.27. The van der Waals surface area contributed by atoms with Crippen LogP contribution in [-0.2, 0) is 11.2 Å². The van der Waals surface area contributed by atoms with Gasteiger partial charge in [0.05, 0.1) is 12.5 Å². The molecule has 1 N–H and O–H groups in total. The lowest BCUT2D eigenvalue weighted by Gasteiger charge is -2.33. The molecule has 0 unspecified atom stereocenters. The van der Waals surface area contributed by atoms with E-state index in [4.69, 9.17) is 0 Å². The molecule has 0 spiro atoms. The molecule has 1 fully saturated rings. The minimum absolute atomic E-state index is 0.0491. The largest absolute Gasteiger partial charge is 0.393 e. The highest BCUT2D eigenvalue weighted by atomic mass is 19.1. The molecule has 1 aliphatic carbocycles. The molecule has 104 valence electrons. The van der Waals surface area contributed by atoms with E-state index in [1.165, 1.54) is 12.1 Å². The number of amides is 1. The first kappa shape index (κ1) is 14.0. The van der Waals surface area contributed by atoms with Gasteiger partial charge in [-0.2, -0.15) is 0 Å². The number of benzene rings is 1. The van der Waals surface area contributed by atoms with E-state index in [9.17, 15) is 14.3 Å². The Bertz CT molecular complexity index is 424. The lowest BCUT2D eigenvalue weighted by Crippen LogP contribution is -2.41. The van der Waals surface area contributed by atoms with Gasteiger partial charge in [-0.15, -0.1) is 0 Å². The van der Waals surface area contributed by atoms with Gasteiger partial charge in [0.1, 0.15) is 5.82 Å². The monoisotopic (exact) mass is 265 g/mol. The molecule has 0 saturated heterocycles. The average molecular weight is 265 g/mol. The molecule has 4 heteroatoms. The van der Waals surface area contributed by atoms with Crippen LogP contribution in [0.15, 0.2) is 24.3 Å². The first-order chi connectivity index (χ1) is 9.06. The van der Waals surface area contributed by atoms with Crippen molar-refractivity contribution >= 4 is 5.91 Å². The highest BCUT2D eigenvalue weighted by Gasteiger charge is 2.25. The maximum Gasteiger partial charge on any atom is 0.226 e. The van der Waals surface area contributed by atoms with Crippen molar-refractivity contribution in [1.82, 2.24) is 4.90 Å². The van der Waals surface area contributed by atoms with Crippen LogP contribution in [0.5, 0.6) is 0 Å². The fourth-order valence-electron chi connectivity index (χ4n) is 2.55. The SMILES string of the molecule is CN(C(=O)Cc1ccc(F)cc1)C1CCC(O)CC1. The Morgan fingerprint density at radius 1 is 1.26 bits per heavy atom. The van der Waals surface area contributed by atoms with Gasteiger partial charge < -0.3 is 10.0 Å². The van der Waals surface area contributed by atoms with Gasteiger partial charge in [-0.25, -0.2) is 4.39 Å². The number of hydrogen-bond donors (Lipinski definition) is 1. The molecule has 3 nitrogen and oxygen atoms in total. The number of rotatable bonds is 3. The van der Waals surface area contributed by atoms with Crippen LogP contribution >= 0.6 is 0 Å². The van der Waals surface area contributed by atoms with E-state index >= 15 is 0 Å². The molecule has 1 saturated carbocycles. The zero-order valence-electron chi connectivity index (χ0n) is 11.2. The third-order valence-corrected chi connectivity index (χ3v) is 3.88. The van der Waals surface area contributed by atoms with Crippen LogP contribution in [-0.4, -0.2) is 35.1 Å². The van der Waals surface area contributed by atoms with Gasteiger partial charge in [0, 0.05) is 13.1 Å². The van der Waals surface area contributed by atoms with Crippen LogP contribution in [0.3, 0.4) is 0 Å². The zero-order chi connectivity index (χ0) is 13.8. The van der Waals surface area contributed by atoms with Gasteiger partial charge in [-0.3, -0.25) is 4.79 Å². The Balaban J connectivity index is 1.90. The van der Waals surface area contributed by atoms with Gasteiger partial charge in [0.2, 0.25) is 5.91 Å². The van der Waals surface area contributed by atoms with Crippen molar-refractivity contribution in [3.63, 3.8) is 0 Å². The Morgan fingerprint density at radius 3 is 2.42 bits per heavy atom. The highest BCUT2D eigenvalue weighted by Crippen LogP contribution is 2.22. The van der Waals surface area contributed by atoms with Crippen molar-refractivity contribution in [2.24, 2.45) is 0 Å². The molecule has 1 aromatic rings. The van der Waals surface area contributed by atoms with E-state index in [0.717, 1.165) is 31.2 Å². The summed E-state index contributed by atoms with van der Waals surface area (Å²) in [5, 5.41) is 9.47. The Hall–Kier alpha value is -1.42. The molecule has 1 amide bonds. The molecule has 1 aromatic carbocycles. The van der Waals surface area contributed by atoms with Crippen LogP contribution in [0.1, 0.15) is 31.2 Å². The van der Waals surface area contributed by atoms with Gasteiger partial charge >= 0.3 is 0 Å². The molecule has 1 aliphatic rings. The topological polar surface area (TPSA) is 40.5 Å². The van der Waals surface area contributed by atoms with E-state index in [-0.39, 0.29) is 23.9 Å². The molecule has 0 aromatic heterocycles. The predicted octanol–water partition coefficient (Wildman–Crippen LogP) is 2.13. The summed E-state index contributed by atoms with van der Waals surface area (Å²) in [6.45, 7) is 0. The van der Waals surface area contributed by atoms with Crippen molar-refractivity contribution < 1.29 is 14.3 Å². The van der Waals surface area contributed by atoms with Gasteiger partial charge in [-0.05, 0) is 43.4 Å². The number of carbonyl (C=O) groups is 1. The Kier molecular flexibility index (Phi) is 4.53. The summed E-state index contributed by atoms with van der Waals surface area (Å²) in [6.07, 6.45) is 3.32. The van der Waals surface area contributed by atoms with Crippen molar-refractivity contribution in [3.8, 4) is 0 Å². The second-order valence-corrected chi connectivity index (χ2v) is 5.27.